The van der Waals surface area contributed by atoms with E-state index in [0.717, 1.165) is 74.2 Å². The van der Waals surface area contributed by atoms with Crippen LogP contribution in [0.15, 0.2) is 53.1 Å². The summed E-state index contributed by atoms with van der Waals surface area (Å²) >= 11 is 0. The Morgan fingerprint density at radius 1 is 1.00 bits per heavy atom. The number of para-hydroxylation sites is 1. The molecular formula is C26H33N3O2. The predicted octanol–water partition coefficient (Wildman–Crippen LogP) is 4.31. The number of piperazine rings is 1. The molecule has 0 bridgehead atoms. The van der Waals surface area contributed by atoms with Gasteiger partial charge in [-0.2, -0.15) is 0 Å². The Kier molecular flexibility index (Phi) is 6.92. The summed E-state index contributed by atoms with van der Waals surface area (Å²) in [4.78, 5) is 17.4. The Hall–Kier alpha value is -2.79. The van der Waals surface area contributed by atoms with E-state index in [2.05, 4.69) is 71.4 Å². The zero-order chi connectivity index (χ0) is 21.6. The third-order valence-corrected chi connectivity index (χ3v) is 6.41. The number of benzene rings is 2. The SMILES string of the molecule is Cc1ccc2c(CC(=O)NCCCCN3CCN(c4ccccc4)CC3)coc2c1C. The van der Waals surface area contributed by atoms with Crippen molar-refractivity contribution in [3.63, 3.8) is 0 Å². The molecular weight excluding hydrogens is 386 g/mol. The van der Waals surface area contributed by atoms with Gasteiger partial charge in [-0.1, -0.05) is 30.3 Å². The maximum absolute atomic E-state index is 12.4. The van der Waals surface area contributed by atoms with E-state index >= 15 is 0 Å². The van der Waals surface area contributed by atoms with Gasteiger partial charge in [0.2, 0.25) is 5.91 Å². The van der Waals surface area contributed by atoms with Gasteiger partial charge in [0.25, 0.3) is 0 Å². The number of nitrogens with zero attached hydrogens (tertiary/aromatic N) is 2. The predicted molar refractivity (Wildman–Crippen MR) is 127 cm³/mol. The van der Waals surface area contributed by atoms with Gasteiger partial charge in [0, 0.05) is 49.4 Å². The van der Waals surface area contributed by atoms with E-state index in [1.54, 1.807) is 6.26 Å². The van der Waals surface area contributed by atoms with Crippen LogP contribution in [0.3, 0.4) is 0 Å². The Morgan fingerprint density at radius 3 is 2.55 bits per heavy atom. The summed E-state index contributed by atoms with van der Waals surface area (Å²) in [6, 6.07) is 14.8. The molecule has 1 aliphatic heterocycles. The fourth-order valence-corrected chi connectivity index (χ4v) is 4.32. The van der Waals surface area contributed by atoms with E-state index in [9.17, 15) is 4.79 Å². The van der Waals surface area contributed by atoms with E-state index in [1.807, 2.05) is 0 Å². The molecule has 0 unspecified atom stereocenters. The third kappa shape index (κ3) is 5.28. The highest BCUT2D eigenvalue weighted by atomic mass is 16.3. The lowest BCUT2D eigenvalue weighted by atomic mass is 10.0. The molecule has 5 heteroatoms. The zero-order valence-corrected chi connectivity index (χ0v) is 18.7. The van der Waals surface area contributed by atoms with Gasteiger partial charge in [-0.3, -0.25) is 9.69 Å². The summed E-state index contributed by atoms with van der Waals surface area (Å²) in [6.07, 6.45) is 4.22. The number of nitrogens with one attached hydrogen (secondary N) is 1. The molecule has 0 spiro atoms. The van der Waals surface area contributed by atoms with Gasteiger partial charge in [0.15, 0.2) is 0 Å². The molecule has 1 N–H and O–H groups in total. The molecule has 1 fully saturated rings. The second-order valence-electron chi connectivity index (χ2n) is 8.54. The summed E-state index contributed by atoms with van der Waals surface area (Å²) in [7, 11) is 0. The molecule has 0 radical (unpaired) electrons. The van der Waals surface area contributed by atoms with E-state index < -0.39 is 0 Å². The van der Waals surface area contributed by atoms with Crippen LogP contribution in [0.5, 0.6) is 0 Å². The third-order valence-electron chi connectivity index (χ3n) is 6.41. The smallest absolute Gasteiger partial charge is 0.224 e. The molecule has 2 aromatic carbocycles. The Balaban J connectivity index is 1.13. The summed E-state index contributed by atoms with van der Waals surface area (Å²) in [5.41, 5.74) is 5.54. The fourth-order valence-electron chi connectivity index (χ4n) is 4.32. The topological polar surface area (TPSA) is 48.7 Å². The van der Waals surface area contributed by atoms with Crippen molar-refractivity contribution < 1.29 is 9.21 Å². The molecule has 4 rings (SSSR count). The highest BCUT2D eigenvalue weighted by Crippen LogP contribution is 2.26. The van der Waals surface area contributed by atoms with Gasteiger partial charge in [0.05, 0.1) is 12.7 Å². The van der Waals surface area contributed by atoms with Gasteiger partial charge >= 0.3 is 0 Å². The lowest BCUT2D eigenvalue weighted by Crippen LogP contribution is -2.46. The number of aryl methyl sites for hydroxylation is 2. The number of furan rings is 1. The first kappa shape index (κ1) is 21.4. The number of amides is 1. The highest BCUT2D eigenvalue weighted by Gasteiger charge is 2.16. The molecule has 0 aliphatic carbocycles. The van der Waals surface area contributed by atoms with Crippen molar-refractivity contribution in [2.24, 2.45) is 0 Å². The van der Waals surface area contributed by atoms with Crippen molar-refractivity contribution in [2.75, 3.05) is 44.2 Å². The van der Waals surface area contributed by atoms with E-state index in [-0.39, 0.29) is 5.91 Å². The molecule has 1 amide bonds. The van der Waals surface area contributed by atoms with Gasteiger partial charge in [0.1, 0.15) is 5.58 Å². The molecule has 5 nitrogen and oxygen atoms in total. The molecule has 2 heterocycles. The molecule has 1 aromatic heterocycles. The van der Waals surface area contributed by atoms with Gasteiger partial charge in [-0.15, -0.1) is 0 Å². The van der Waals surface area contributed by atoms with Crippen LogP contribution >= 0.6 is 0 Å². The second kappa shape index (κ2) is 10.0. The average Bonchev–Trinajstić information content (AvgIpc) is 3.20. The minimum atomic E-state index is 0.0670. The maximum atomic E-state index is 12.4. The summed E-state index contributed by atoms with van der Waals surface area (Å²) < 4.78 is 5.72. The molecule has 31 heavy (non-hydrogen) atoms. The van der Waals surface area contributed by atoms with E-state index in [0.29, 0.717) is 6.42 Å². The Bertz CT molecular complexity index is 1000. The largest absolute Gasteiger partial charge is 0.464 e. The van der Waals surface area contributed by atoms with Crippen LogP contribution in [0, 0.1) is 13.8 Å². The number of anilines is 1. The van der Waals surface area contributed by atoms with Crippen LogP contribution in [0.4, 0.5) is 5.69 Å². The number of fused-ring (bicyclic) bond motifs is 1. The normalized spacial score (nSPS) is 14.8. The van der Waals surface area contributed by atoms with Crippen LogP contribution < -0.4 is 10.2 Å². The lowest BCUT2D eigenvalue weighted by molar-refractivity contribution is -0.120. The number of carbonyl (C=O) groups excluding carboxylic acids is 1. The molecule has 1 saturated heterocycles. The van der Waals surface area contributed by atoms with Crippen LogP contribution in [0.2, 0.25) is 0 Å². The highest BCUT2D eigenvalue weighted by molar-refractivity contribution is 5.89. The molecule has 0 saturated carbocycles. The second-order valence-corrected chi connectivity index (χ2v) is 8.54. The fraction of sp³-hybridized carbons (Fsp3) is 0.423. The van der Waals surface area contributed by atoms with Crippen LogP contribution in [-0.2, 0) is 11.2 Å². The number of hydrogen-bond donors (Lipinski definition) is 1. The molecule has 0 atom stereocenters. The molecule has 3 aromatic rings. The standard InChI is InChI=1S/C26H33N3O2/c1-20-10-11-24-22(19-31-26(24)21(20)2)18-25(30)27-12-6-7-13-28-14-16-29(17-15-28)23-8-4-3-5-9-23/h3-5,8-11,19H,6-7,12-18H2,1-2H3,(H,27,30). The quantitative estimate of drug-likeness (QED) is 0.553. The Labute approximate surface area is 185 Å². The maximum Gasteiger partial charge on any atom is 0.224 e. The summed E-state index contributed by atoms with van der Waals surface area (Å²) in [6.45, 7) is 10.3. The summed E-state index contributed by atoms with van der Waals surface area (Å²) in [5.74, 6) is 0.0670. The minimum Gasteiger partial charge on any atom is -0.464 e. The number of carbonyl (C=O) groups is 1. The monoisotopic (exact) mass is 419 g/mol. The van der Waals surface area contributed by atoms with Crippen molar-refractivity contribution in [2.45, 2.75) is 33.1 Å². The zero-order valence-electron chi connectivity index (χ0n) is 18.7. The lowest BCUT2D eigenvalue weighted by Gasteiger charge is -2.36. The van der Waals surface area contributed by atoms with Crippen molar-refractivity contribution in [3.8, 4) is 0 Å². The summed E-state index contributed by atoms with van der Waals surface area (Å²) in [5, 5.41) is 4.12. The first-order chi connectivity index (χ1) is 15.1. The number of hydrogen-bond acceptors (Lipinski definition) is 4. The van der Waals surface area contributed by atoms with Crippen molar-refractivity contribution in [1.82, 2.24) is 10.2 Å². The average molecular weight is 420 g/mol. The first-order valence-electron chi connectivity index (χ1n) is 11.4. The van der Waals surface area contributed by atoms with Crippen LogP contribution in [0.1, 0.15) is 29.5 Å². The molecule has 1 aliphatic rings. The number of rotatable bonds is 8. The van der Waals surface area contributed by atoms with Crippen molar-refractivity contribution in [3.05, 3.63) is 65.4 Å². The van der Waals surface area contributed by atoms with Crippen molar-refractivity contribution in [1.29, 1.82) is 0 Å². The van der Waals surface area contributed by atoms with Crippen LogP contribution in [0.25, 0.3) is 11.0 Å². The number of unbranched alkanes of at least 4 members (excludes halogenated alkanes) is 1. The van der Waals surface area contributed by atoms with Gasteiger partial charge in [-0.05, 0) is 56.5 Å². The Morgan fingerprint density at radius 2 is 1.77 bits per heavy atom. The van der Waals surface area contributed by atoms with Crippen molar-refractivity contribution >= 4 is 22.6 Å². The first-order valence-corrected chi connectivity index (χ1v) is 11.4. The van der Waals surface area contributed by atoms with Gasteiger partial charge in [-0.25, -0.2) is 0 Å². The molecule has 164 valence electrons. The minimum absolute atomic E-state index is 0.0670. The van der Waals surface area contributed by atoms with Gasteiger partial charge < -0.3 is 14.6 Å². The van der Waals surface area contributed by atoms with Crippen LogP contribution in [-0.4, -0.2) is 50.1 Å². The van der Waals surface area contributed by atoms with E-state index in [4.69, 9.17) is 4.42 Å². The van der Waals surface area contributed by atoms with E-state index in [1.165, 1.54) is 11.3 Å².